The summed E-state index contributed by atoms with van der Waals surface area (Å²) < 4.78 is 6.75. The third-order valence-electron chi connectivity index (χ3n) is 12.8. The molecule has 0 atom stereocenters. The highest BCUT2D eigenvalue weighted by molar-refractivity contribution is 6.14. The molecule has 56 heavy (non-hydrogen) atoms. The predicted molar refractivity (Wildman–Crippen MR) is 234 cm³/mol. The molecule has 0 unspecified atom stereocenters. The number of benzene rings is 8. The second-order valence-corrected chi connectivity index (χ2v) is 18.1. The summed E-state index contributed by atoms with van der Waals surface area (Å²) in [5.41, 5.74) is 20.2. The number of para-hydroxylation sites is 1. The molecule has 1 spiro atoms. The van der Waals surface area contributed by atoms with Crippen LogP contribution in [0.5, 0.6) is 11.5 Å². The van der Waals surface area contributed by atoms with Crippen LogP contribution in [-0.2, 0) is 16.2 Å². The number of fused-ring (bicyclic) bond motifs is 12. The van der Waals surface area contributed by atoms with E-state index in [-0.39, 0.29) is 10.8 Å². The lowest BCUT2D eigenvalue weighted by molar-refractivity contribution is 0.487. The van der Waals surface area contributed by atoms with E-state index in [4.69, 9.17) is 4.74 Å². The predicted octanol–water partition coefficient (Wildman–Crippen LogP) is 14.9. The molecule has 2 aliphatic carbocycles. The van der Waals surface area contributed by atoms with E-state index < -0.39 is 5.41 Å². The van der Waals surface area contributed by atoms with Crippen molar-refractivity contribution in [1.82, 2.24) is 0 Å². The van der Waals surface area contributed by atoms with Crippen molar-refractivity contribution in [2.45, 2.75) is 57.8 Å². The Kier molecular flexibility index (Phi) is 6.77. The third-order valence-corrected chi connectivity index (χ3v) is 12.8. The molecule has 1 heterocycles. The summed E-state index contributed by atoms with van der Waals surface area (Å²) in [7, 11) is 0. The van der Waals surface area contributed by atoms with Gasteiger partial charge in [-0.25, -0.2) is 0 Å². The first-order valence-corrected chi connectivity index (χ1v) is 20.0. The second-order valence-electron chi connectivity index (χ2n) is 18.1. The van der Waals surface area contributed by atoms with E-state index in [1.807, 2.05) is 0 Å². The first-order chi connectivity index (χ1) is 27.0. The van der Waals surface area contributed by atoms with E-state index in [9.17, 15) is 0 Å². The van der Waals surface area contributed by atoms with Crippen LogP contribution >= 0.6 is 0 Å². The highest BCUT2D eigenvalue weighted by atomic mass is 16.5. The Labute approximate surface area is 330 Å². The van der Waals surface area contributed by atoms with Gasteiger partial charge in [0.15, 0.2) is 0 Å². The maximum Gasteiger partial charge on any atom is 0.136 e. The molecule has 0 bridgehead atoms. The zero-order chi connectivity index (χ0) is 38.1. The van der Waals surface area contributed by atoms with Crippen molar-refractivity contribution < 1.29 is 4.74 Å². The van der Waals surface area contributed by atoms with Crippen molar-refractivity contribution in [2.75, 3.05) is 0 Å². The second kappa shape index (κ2) is 11.4. The van der Waals surface area contributed by atoms with Crippen LogP contribution in [-0.4, -0.2) is 0 Å². The fourth-order valence-electron chi connectivity index (χ4n) is 10.1. The molecular formula is C55H44O. The maximum absolute atomic E-state index is 6.75. The van der Waals surface area contributed by atoms with Crippen LogP contribution in [0, 0.1) is 0 Å². The highest BCUT2D eigenvalue weighted by Crippen LogP contribution is 2.64. The van der Waals surface area contributed by atoms with E-state index in [1.165, 1.54) is 94.2 Å². The van der Waals surface area contributed by atoms with Crippen LogP contribution in [0.25, 0.3) is 66.4 Å². The Morgan fingerprint density at radius 3 is 1.61 bits per heavy atom. The zero-order valence-electron chi connectivity index (χ0n) is 32.9. The van der Waals surface area contributed by atoms with Crippen molar-refractivity contribution >= 4 is 10.8 Å². The number of ether oxygens (including phenoxy) is 1. The Morgan fingerprint density at radius 1 is 0.375 bits per heavy atom. The normalized spacial score (nSPS) is 14.2. The molecule has 0 N–H and O–H groups in total. The van der Waals surface area contributed by atoms with Gasteiger partial charge in [-0.2, -0.15) is 0 Å². The van der Waals surface area contributed by atoms with E-state index in [0.717, 1.165) is 17.1 Å². The van der Waals surface area contributed by atoms with E-state index >= 15 is 0 Å². The lowest BCUT2D eigenvalue weighted by Gasteiger charge is -2.33. The Hall–Kier alpha value is -6.18. The summed E-state index contributed by atoms with van der Waals surface area (Å²) in [6.07, 6.45) is 0. The molecule has 1 aliphatic heterocycles. The van der Waals surface area contributed by atoms with Crippen molar-refractivity contribution in [2.24, 2.45) is 0 Å². The molecule has 0 radical (unpaired) electrons. The molecule has 1 heteroatoms. The van der Waals surface area contributed by atoms with Gasteiger partial charge in [0.25, 0.3) is 0 Å². The molecule has 0 fully saturated rings. The third kappa shape index (κ3) is 4.49. The summed E-state index contributed by atoms with van der Waals surface area (Å²) in [6.45, 7) is 14.0. The molecule has 0 saturated heterocycles. The first-order valence-electron chi connectivity index (χ1n) is 20.0. The summed E-state index contributed by atoms with van der Waals surface area (Å²) in [5.74, 6) is 1.81. The van der Waals surface area contributed by atoms with Gasteiger partial charge in [-0.05, 0) is 118 Å². The molecule has 1 nitrogen and oxygen atoms in total. The smallest absolute Gasteiger partial charge is 0.136 e. The molecule has 0 saturated carbocycles. The molecule has 3 aliphatic rings. The van der Waals surface area contributed by atoms with Gasteiger partial charge < -0.3 is 4.74 Å². The number of hydrogen-bond acceptors (Lipinski definition) is 1. The average Bonchev–Trinajstić information content (AvgIpc) is 3.67. The van der Waals surface area contributed by atoms with Gasteiger partial charge in [-0.15, -0.1) is 0 Å². The van der Waals surface area contributed by atoms with Crippen molar-refractivity contribution in [3.63, 3.8) is 0 Å². The topological polar surface area (TPSA) is 9.23 Å². The molecule has 8 aromatic rings. The largest absolute Gasteiger partial charge is 0.456 e. The number of hydrogen-bond donors (Lipinski definition) is 0. The minimum atomic E-state index is -0.476. The van der Waals surface area contributed by atoms with E-state index in [0.29, 0.717) is 0 Å². The molecular weight excluding hydrogens is 677 g/mol. The average molecular weight is 721 g/mol. The summed E-state index contributed by atoms with van der Waals surface area (Å²) >= 11 is 0. The Morgan fingerprint density at radius 2 is 0.929 bits per heavy atom. The van der Waals surface area contributed by atoms with Crippen LogP contribution in [0.15, 0.2) is 158 Å². The van der Waals surface area contributed by atoms with Crippen LogP contribution < -0.4 is 4.74 Å². The van der Waals surface area contributed by atoms with Gasteiger partial charge in [0.1, 0.15) is 11.5 Å². The minimum absolute atomic E-state index is 0.001000. The zero-order valence-corrected chi connectivity index (χ0v) is 32.9. The van der Waals surface area contributed by atoms with Crippen molar-refractivity contribution in [3.05, 3.63) is 191 Å². The van der Waals surface area contributed by atoms with Crippen molar-refractivity contribution in [3.8, 4) is 67.1 Å². The van der Waals surface area contributed by atoms with Crippen molar-refractivity contribution in [1.29, 1.82) is 0 Å². The summed E-state index contributed by atoms with van der Waals surface area (Å²) in [6, 6.07) is 59.5. The van der Waals surface area contributed by atoms with Crippen LogP contribution in [0.1, 0.15) is 74.9 Å². The standard InChI is InChI=1S/C55H44O/c1-53(2,3)35-24-27-39-40-28-25-36(54(4,5)6)31-48(40)55(47(39)30-35)45-21-12-10-17-37(45)38-26-23-34(29-46(38)55)51-43-20-14-19-42-41-18-11-13-22-49(41)56-50(52(42)43)32-44(51)33-15-8-7-9-16-33/h7-32H,1-6H3. The first kappa shape index (κ1) is 33.2. The van der Waals surface area contributed by atoms with Gasteiger partial charge in [-0.3, -0.25) is 0 Å². The van der Waals surface area contributed by atoms with Crippen LogP contribution in [0.4, 0.5) is 0 Å². The Bertz CT molecular complexity index is 2880. The number of rotatable bonds is 2. The van der Waals surface area contributed by atoms with E-state index in [2.05, 4.69) is 199 Å². The van der Waals surface area contributed by atoms with Gasteiger partial charge >= 0.3 is 0 Å². The lowest BCUT2D eigenvalue weighted by Crippen LogP contribution is -2.27. The molecule has 0 amide bonds. The molecule has 0 aromatic heterocycles. The van der Waals surface area contributed by atoms with Gasteiger partial charge in [0, 0.05) is 10.9 Å². The SMILES string of the molecule is CC(C)(C)c1ccc2c(c1)C1(c3ccccc3-c3ccc(-c4c(-c5ccccc5)cc5c6c(cccc46)-c4ccccc4O5)cc31)c1cc(C(C)(C)C)ccc1-2. The quantitative estimate of drug-likeness (QED) is 0.173. The molecule has 11 rings (SSSR count). The monoisotopic (exact) mass is 720 g/mol. The van der Waals surface area contributed by atoms with Crippen LogP contribution in [0.3, 0.4) is 0 Å². The summed E-state index contributed by atoms with van der Waals surface area (Å²) in [5, 5.41) is 2.37. The summed E-state index contributed by atoms with van der Waals surface area (Å²) in [4.78, 5) is 0. The van der Waals surface area contributed by atoms with Crippen LogP contribution in [0.2, 0.25) is 0 Å². The molecule has 270 valence electrons. The fraction of sp³-hybridized carbons (Fsp3) is 0.164. The van der Waals surface area contributed by atoms with E-state index in [1.54, 1.807) is 0 Å². The van der Waals surface area contributed by atoms with Gasteiger partial charge in [-0.1, -0.05) is 181 Å². The lowest BCUT2D eigenvalue weighted by atomic mass is 9.68. The Balaban J connectivity index is 1.26. The fourth-order valence-corrected chi connectivity index (χ4v) is 10.1. The van der Waals surface area contributed by atoms with Gasteiger partial charge in [0.05, 0.1) is 5.41 Å². The maximum atomic E-state index is 6.75. The highest BCUT2D eigenvalue weighted by Gasteiger charge is 2.52. The minimum Gasteiger partial charge on any atom is -0.456 e. The van der Waals surface area contributed by atoms with Gasteiger partial charge in [0.2, 0.25) is 0 Å². The molecule has 8 aromatic carbocycles.